The monoisotopic (exact) mass is 271 g/mol. The molecule has 2 N–H and O–H groups in total. The van der Waals surface area contributed by atoms with E-state index in [2.05, 4.69) is 6.92 Å². The molecule has 0 aromatic carbocycles. The summed E-state index contributed by atoms with van der Waals surface area (Å²) in [6.07, 6.45) is 13.0. The predicted octanol–water partition coefficient (Wildman–Crippen LogP) is 4.05. The molecule has 0 saturated carbocycles. The van der Waals surface area contributed by atoms with Crippen molar-refractivity contribution in [1.29, 1.82) is 0 Å². The van der Waals surface area contributed by atoms with Crippen molar-refractivity contribution < 1.29 is 9.53 Å². The van der Waals surface area contributed by atoms with Crippen molar-refractivity contribution in [3.05, 3.63) is 0 Å². The zero-order valence-electron chi connectivity index (χ0n) is 13.0. The van der Waals surface area contributed by atoms with E-state index in [1.165, 1.54) is 57.8 Å². The molecule has 0 amide bonds. The summed E-state index contributed by atoms with van der Waals surface area (Å²) in [6, 6.07) is 0. The van der Waals surface area contributed by atoms with Crippen molar-refractivity contribution in [1.82, 2.24) is 0 Å². The highest BCUT2D eigenvalue weighted by molar-refractivity contribution is 5.72. The van der Waals surface area contributed by atoms with Crippen LogP contribution in [-0.4, -0.2) is 19.1 Å². The summed E-state index contributed by atoms with van der Waals surface area (Å²) in [5.41, 5.74) is 5.40. The van der Waals surface area contributed by atoms with Crippen molar-refractivity contribution in [3.8, 4) is 0 Å². The van der Waals surface area contributed by atoms with Gasteiger partial charge in [0.25, 0.3) is 0 Å². The number of unbranched alkanes of at least 4 members (excludes halogenated alkanes) is 9. The van der Waals surface area contributed by atoms with Crippen LogP contribution in [0.3, 0.4) is 0 Å². The summed E-state index contributed by atoms with van der Waals surface area (Å²) in [5, 5.41) is 0. The van der Waals surface area contributed by atoms with Gasteiger partial charge in [0, 0.05) is 6.54 Å². The highest BCUT2D eigenvalue weighted by Gasteiger charge is 2.11. The summed E-state index contributed by atoms with van der Waals surface area (Å²) in [4.78, 5) is 11.3. The van der Waals surface area contributed by atoms with E-state index in [1.807, 2.05) is 0 Å². The van der Waals surface area contributed by atoms with Crippen LogP contribution in [-0.2, 0) is 9.53 Å². The Morgan fingerprint density at radius 3 is 1.89 bits per heavy atom. The Kier molecular flexibility index (Phi) is 13.4. The van der Waals surface area contributed by atoms with Gasteiger partial charge in [0.05, 0.1) is 12.5 Å². The Labute approximate surface area is 119 Å². The van der Waals surface area contributed by atoms with Gasteiger partial charge >= 0.3 is 5.97 Å². The number of ether oxygens (including phenoxy) is 1. The first-order valence-electron chi connectivity index (χ1n) is 8.09. The molecule has 3 heteroatoms. The molecule has 0 aliphatic heterocycles. The maximum absolute atomic E-state index is 11.3. The topological polar surface area (TPSA) is 52.3 Å². The highest BCUT2D eigenvalue weighted by atomic mass is 16.5. The minimum Gasteiger partial charge on any atom is -0.465 e. The number of hydrogen-bond donors (Lipinski definition) is 1. The van der Waals surface area contributed by atoms with Crippen LogP contribution in [0.1, 0.15) is 78.1 Å². The summed E-state index contributed by atoms with van der Waals surface area (Å²) in [6.45, 7) is 4.98. The van der Waals surface area contributed by atoms with Gasteiger partial charge in [-0.1, -0.05) is 71.6 Å². The van der Waals surface area contributed by atoms with Crippen molar-refractivity contribution in [2.75, 3.05) is 13.2 Å². The maximum Gasteiger partial charge on any atom is 0.309 e. The molecule has 0 radical (unpaired) electrons. The van der Waals surface area contributed by atoms with Crippen LogP contribution in [0.25, 0.3) is 0 Å². The minimum atomic E-state index is -0.164. The molecule has 0 aromatic heterocycles. The largest absolute Gasteiger partial charge is 0.465 e. The molecule has 1 unspecified atom stereocenters. The van der Waals surface area contributed by atoms with E-state index in [0.717, 1.165) is 6.42 Å². The fourth-order valence-electron chi connectivity index (χ4n) is 2.00. The number of nitrogens with two attached hydrogens (primary N) is 1. The number of carbonyl (C=O) groups is 1. The highest BCUT2D eigenvalue weighted by Crippen LogP contribution is 2.10. The molecule has 0 saturated heterocycles. The molecule has 114 valence electrons. The first kappa shape index (κ1) is 18.4. The van der Waals surface area contributed by atoms with E-state index < -0.39 is 0 Å². The Balaban J connectivity index is 3.13. The molecule has 0 fully saturated rings. The van der Waals surface area contributed by atoms with Crippen LogP contribution in [0.2, 0.25) is 0 Å². The molecule has 1 atom stereocenters. The molecule has 0 aliphatic rings. The van der Waals surface area contributed by atoms with E-state index in [4.69, 9.17) is 10.5 Å². The molecule has 0 bridgehead atoms. The van der Waals surface area contributed by atoms with Gasteiger partial charge in [0.2, 0.25) is 0 Å². The van der Waals surface area contributed by atoms with E-state index in [-0.39, 0.29) is 11.9 Å². The first-order chi connectivity index (χ1) is 9.22. The number of esters is 1. The van der Waals surface area contributed by atoms with Crippen LogP contribution in [0.4, 0.5) is 0 Å². The van der Waals surface area contributed by atoms with Crippen LogP contribution in [0.5, 0.6) is 0 Å². The fourth-order valence-corrected chi connectivity index (χ4v) is 2.00. The normalized spacial score (nSPS) is 12.4. The van der Waals surface area contributed by atoms with Crippen molar-refractivity contribution in [3.63, 3.8) is 0 Å². The molecule has 0 rings (SSSR count). The van der Waals surface area contributed by atoms with E-state index in [9.17, 15) is 4.79 Å². The molecule has 19 heavy (non-hydrogen) atoms. The second kappa shape index (κ2) is 13.9. The van der Waals surface area contributed by atoms with Crippen LogP contribution in [0, 0.1) is 5.92 Å². The molecular formula is C16H33NO2. The second-order valence-electron chi connectivity index (χ2n) is 5.49. The average molecular weight is 271 g/mol. The van der Waals surface area contributed by atoms with Gasteiger partial charge in [0.15, 0.2) is 0 Å². The lowest BCUT2D eigenvalue weighted by Gasteiger charge is -2.08. The first-order valence-corrected chi connectivity index (χ1v) is 8.09. The zero-order chi connectivity index (χ0) is 14.3. The van der Waals surface area contributed by atoms with Gasteiger partial charge in [-0.2, -0.15) is 0 Å². The minimum absolute atomic E-state index is 0.154. The van der Waals surface area contributed by atoms with Gasteiger partial charge in [-0.3, -0.25) is 4.79 Å². The Hall–Kier alpha value is -0.570. The van der Waals surface area contributed by atoms with Gasteiger partial charge in [0.1, 0.15) is 0 Å². The second-order valence-corrected chi connectivity index (χ2v) is 5.49. The third kappa shape index (κ3) is 12.2. The van der Waals surface area contributed by atoms with Crippen LogP contribution < -0.4 is 5.73 Å². The zero-order valence-corrected chi connectivity index (χ0v) is 13.0. The lowest BCUT2D eigenvalue weighted by atomic mass is 10.1. The fraction of sp³-hybridized carbons (Fsp3) is 0.938. The van der Waals surface area contributed by atoms with Crippen molar-refractivity contribution in [2.45, 2.75) is 78.1 Å². The SMILES string of the molecule is CCCCCCCCCCCCOC(=O)C(C)CN. The molecule has 0 spiro atoms. The van der Waals surface area contributed by atoms with Crippen molar-refractivity contribution in [2.24, 2.45) is 11.7 Å². The number of rotatable bonds is 13. The smallest absolute Gasteiger partial charge is 0.309 e. The van der Waals surface area contributed by atoms with Gasteiger partial charge in [-0.15, -0.1) is 0 Å². The number of carbonyl (C=O) groups excluding carboxylic acids is 1. The standard InChI is InChI=1S/C16H33NO2/c1-3-4-5-6-7-8-9-10-11-12-13-19-16(18)15(2)14-17/h15H,3-14,17H2,1-2H3. The van der Waals surface area contributed by atoms with Crippen LogP contribution >= 0.6 is 0 Å². The van der Waals surface area contributed by atoms with E-state index in [1.54, 1.807) is 6.92 Å². The molecule has 3 nitrogen and oxygen atoms in total. The quantitative estimate of drug-likeness (QED) is 0.406. The van der Waals surface area contributed by atoms with E-state index in [0.29, 0.717) is 13.2 Å². The molecule has 0 aliphatic carbocycles. The van der Waals surface area contributed by atoms with E-state index >= 15 is 0 Å². The molecule has 0 heterocycles. The third-order valence-electron chi connectivity index (χ3n) is 3.50. The van der Waals surface area contributed by atoms with Crippen molar-refractivity contribution >= 4 is 5.97 Å². The lowest BCUT2D eigenvalue weighted by molar-refractivity contribution is -0.147. The van der Waals surface area contributed by atoms with Crippen LogP contribution in [0.15, 0.2) is 0 Å². The molecule has 0 aromatic rings. The average Bonchev–Trinajstić information content (AvgIpc) is 2.43. The summed E-state index contributed by atoms with van der Waals surface area (Å²) < 4.78 is 5.15. The Morgan fingerprint density at radius 2 is 1.42 bits per heavy atom. The molecular weight excluding hydrogens is 238 g/mol. The third-order valence-corrected chi connectivity index (χ3v) is 3.50. The lowest BCUT2D eigenvalue weighted by Crippen LogP contribution is -2.23. The Bertz CT molecular complexity index is 207. The van der Waals surface area contributed by atoms with Gasteiger partial charge < -0.3 is 10.5 Å². The maximum atomic E-state index is 11.3. The number of hydrogen-bond acceptors (Lipinski definition) is 3. The summed E-state index contributed by atoms with van der Waals surface area (Å²) >= 11 is 0. The van der Waals surface area contributed by atoms with Gasteiger partial charge in [-0.25, -0.2) is 0 Å². The predicted molar refractivity (Wildman–Crippen MR) is 81.0 cm³/mol. The summed E-state index contributed by atoms with van der Waals surface area (Å²) in [5.74, 6) is -0.318. The van der Waals surface area contributed by atoms with Gasteiger partial charge in [-0.05, 0) is 6.42 Å². The summed E-state index contributed by atoms with van der Waals surface area (Å²) in [7, 11) is 0. The Morgan fingerprint density at radius 1 is 0.947 bits per heavy atom.